The Morgan fingerprint density at radius 3 is 2.53 bits per heavy atom. The summed E-state index contributed by atoms with van der Waals surface area (Å²) >= 11 is 0. The molecule has 1 aromatic carbocycles. The number of methoxy groups -OCH3 is 1. The van der Waals surface area contributed by atoms with Crippen LogP contribution in [0, 0.1) is 5.82 Å². The van der Waals surface area contributed by atoms with Gasteiger partial charge in [-0.2, -0.15) is 0 Å². The number of carbonyl (C=O) groups is 1. The third-order valence-corrected chi connectivity index (χ3v) is 2.71. The van der Waals surface area contributed by atoms with Crippen LogP contribution in [0.3, 0.4) is 0 Å². The molecule has 0 radical (unpaired) electrons. The average molecular weight is 264 g/mol. The summed E-state index contributed by atoms with van der Waals surface area (Å²) in [4.78, 5) is 15.6. The highest BCUT2D eigenvalue weighted by Gasteiger charge is 2.13. The average Bonchev–Trinajstić information content (AvgIpc) is 2.42. The number of rotatable bonds is 4. The van der Waals surface area contributed by atoms with Gasteiger partial charge in [-0.25, -0.2) is 9.18 Å². The van der Waals surface area contributed by atoms with Crippen molar-refractivity contribution in [2.24, 2.45) is 10.7 Å². The topological polar surface area (TPSA) is 64.7 Å². The molecule has 0 saturated carbocycles. The Morgan fingerprint density at radius 1 is 1.42 bits per heavy atom. The highest BCUT2D eigenvalue weighted by atomic mass is 19.1. The first kappa shape index (κ1) is 14.9. The maximum absolute atomic E-state index is 13.6. The molecule has 19 heavy (non-hydrogen) atoms. The van der Waals surface area contributed by atoms with Gasteiger partial charge in [0, 0.05) is 24.5 Å². The fraction of sp³-hybridized carbons (Fsp3) is 0.286. The van der Waals surface area contributed by atoms with Crippen molar-refractivity contribution < 1.29 is 13.9 Å². The Labute approximate surface area is 111 Å². The Hall–Kier alpha value is -2.17. The van der Waals surface area contributed by atoms with Crippen molar-refractivity contribution in [3.8, 4) is 0 Å². The van der Waals surface area contributed by atoms with Crippen molar-refractivity contribution >= 4 is 17.3 Å². The number of allylic oxidation sites excluding steroid dienone is 1. The highest BCUT2D eigenvalue weighted by molar-refractivity contribution is 6.23. The van der Waals surface area contributed by atoms with Gasteiger partial charge in [0.25, 0.3) is 0 Å². The van der Waals surface area contributed by atoms with E-state index in [1.807, 2.05) is 6.92 Å². The van der Waals surface area contributed by atoms with Crippen LogP contribution in [-0.2, 0) is 4.74 Å². The first-order chi connectivity index (χ1) is 9.07. The molecule has 0 aromatic heterocycles. The number of benzene rings is 1. The summed E-state index contributed by atoms with van der Waals surface area (Å²) in [6.45, 7) is 1.92. The Morgan fingerprint density at radius 2 is 2.05 bits per heavy atom. The second-order valence-corrected chi connectivity index (χ2v) is 3.82. The molecule has 1 rings (SSSR count). The quantitative estimate of drug-likeness (QED) is 0.670. The number of ether oxygens (including phenoxy) is 1. The highest BCUT2D eigenvalue weighted by Crippen LogP contribution is 2.20. The van der Waals surface area contributed by atoms with Crippen LogP contribution >= 0.6 is 0 Å². The van der Waals surface area contributed by atoms with Crippen molar-refractivity contribution in [3.63, 3.8) is 0 Å². The van der Waals surface area contributed by atoms with E-state index in [0.29, 0.717) is 17.6 Å². The minimum atomic E-state index is -0.594. The largest absolute Gasteiger partial charge is 0.465 e. The van der Waals surface area contributed by atoms with Gasteiger partial charge in [0.1, 0.15) is 5.82 Å². The molecule has 0 fully saturated rings. The number of esters is 1. The second kappa shape index (κ2) is 6.68. The van der Waals surface area contributed by atoms with Gasteiger partial charge in [0.05, 0.1) is 12.7 Å². The standard InChI is InChI=1S/C14H17FN2O2/c1-4-13(17-2)12(8-16)9-5-10(14(18)19-3)7-11(15)6-9/h5-8H,4,16H2,1-3H3. The summed E-state index contributed by atoms with van der Waals surface area (Å²) in [5.41, 5.74) is 7.58. The van der Waals surface area contributed by atoms with Crippen LogP contribution in [0.4, 0.5) is 4.39 Å². The number of hydrogen-bond donors (Lipinski definition) is 1. The molecule has 0 aliphatic rings. The molecule has 102 valence electrons. The maximum Gasteiger partial charge on any atom is 0.337 e. The lowest BCUT2D eigenvalue weighted by molar-refractivity contribution is 0.0600. The summed E-state index contributed by atoms with van der Waals surface area (Å²) in [6.07, 6.45) is 2.02. The number of hydrogen-bond acceptors (Lipinski definition) is 4. The van der Waals surface area contributed by atoms with Gasteiger partial charge in [0.2, 0.25) is 0 Å². The molecule has 1 aromatic rings. The van der Waals surface area contributed by atoms with E-state index in [1.165, 1.54) is 25.4 Å². The summed E-state index contributed by atoms with van der Waals surface area (Å²) in [5, 5.41) is 0. The molecule has 0 aliphatic heterocycles. The van der Waals surface area contributed by atoms with Crippen molar-refractivity contribution in [3.05, 3.63) is 41.3 Å². The SMILES string of the molecule is CCC(=NC)C(=CN)c1cc(F)cc(C(=O)OC)c1. The number of aliphatic imine (C=N–C) groups is 1. The summed E-state index contributed by atoms with van der Waals surface area (Å²) in [5.74, 6) is -1.12. The summed E-state index contributed by atoms with van der Waals surface area (Å²) in [6, 6.07) is 3.97. The third kappa shape index (κ3) is 3.40. The monoisotopic (exact) mass is 264 g/mol. The number of carbonyl (C=O) groups excluding carboxylic acids is 1. The maximum atomic E-state index is 13.6. The molecule has 0 atom stereocenters. The minimum Gasteiger partial charge on any atom is -0.465 e. The number of halogens is 1. The van der Waals surface area contributed by atoms with Crippen molar-refractivity contribution in [1.29, 1.82) is 0 Å². The molecule has 5 heteroatoms. The van der Waals surface area contributed by atoms with Crippen LogP contribution in [0.5, 0.6) is 0 Å². The van der Waals surface area contributed by atoms with Gasteiger partial charge in [-0.3, -0.25) is 4.99 Å². The van der Waals surface area contributed by atoms with E-state index < -0.39 is 11.8 Å². The zero-order chi connectivity index (χ0) is 14.4. The van der Waals surface area contributed by atoms with E-state index in [2.05, 4.69) is 9.73 Å². The van der Waals surface area contributed by atoms with Gasteiger partial charge in [-0.1, -0.05) is 6.92 Å². The molecule has 0 aliphatic carbocycles. The molecule has 0 saturated heterocycles. The lowest BCUT2D eigenvalue weighted by Gasteiger charge is -2.10. The molecular formula is C14H17FN2O2. The minimum absolute atomic E-state index is 0.142. The molecule has 0 amide bonds. The van der Waals surface area contributed by atoms with E-state index in [1.54, 1.807) is 7.05 Å². The Kier molecular flexibility index (Phi) is 5.23. The van der Waals surface area contributed by atoms with Crippen LogP contribution in [0.2, 0.25) is 0 Å². The molecule has 2 N–H and O–H groups in total. The second-order valence-electron chi connectivity index (χ2n) is 3.82. The van der Waals surface area contributed by atoms with E-state index >= 15 is 0 Å². The third-order valence-electron chi connectivity index (χ3n) is 2.71. The van der Waals surface area contributed by atoms with Gasteiger partial charge in [-0.15, -0.1) is 0 Å². The van der Waals surface area contributed by atoms with Gasteiger partial charge < -0.3 is 10.5 Å². The van der Waals surface area contributed by atoms with E-state index in [-0.39, 0.29) is 5.56 Å². The van der Waals surface area contributed by atoms with Crippen molar-refractivity contribution in [2.75, 3.05) is 14.2 Å². The Balaban J connectivity index is 3.34. The van der Waals surface area contributed by atoms with Crippen LogP contribution in [0.1, 0.15) is 29.3 Å². The lowest BCUT2D eigenvalue weighted by Crippen LogP contribution is -2.07. The zero-order valence-corrected chi connectivity index (χ0v) is 11.2. The predicted octanol–water partition coefficient (Wildman–Crippen LogP) is 2.39. The summed E-state index contributed by atoms with van der Waals surface area (Å²) in [7, 11) is 2.89. The smallest absolute Gasteiger partial charge is 0.337 e. The van der Waals surface area contributed by atoms with Crippen LogP contribution in [0.15, 0.2) is 29.4 Å². The van der Waals surface area contributed by atoms with Gasteiger partial charge in [0.15, 0.2) is 0 Å². The fourth-order valence-corrected chi connectivity index (χ4v) is 1.81. The van der Waals surface area contributed by atoms with Crippen molar-refractivity contribution in [2.45, 2.75) is 13.3 Å². The molecule has 0 unspecified atom stereocenters. The predicted molar refractivity (Wildman–Crippen MR) is 73.6 cm³/mol. The molecule has 0 bridgehead atoms. The number of nitrogens with zero attached hydrogens (tertiary/aromatic N) is 1. The van der Waals surface area contributed by atoms with Crippen LogP contribution < -0.4 is 5.73 Å². The number of nitrogens with two attached hydrogens (primary N) is 1. The zero-order valence-electron chi connectivity index (χ0n) is 11.2. The van der Waals surface area contributed by atoms with Crippen LogP contribution in [-0.4, -0.2) is 25.8 Å². The molecular weight excluding hydrogens is 247 g/mol. The Bertz CT molecular complexity index is 536. The molecule has 0 heterocycles. The fourth-order valence-electron chi connectivity index (χ4n) is 1.81. The van der Waals surface area contributed by atoms with Gasteiger partial charge in [-0.05, 0) is 30.2 Å². The van der Waals surface area contributed by atoms with E-state index in [9.17, 15) is 9.18 Å². The first-order valence-corrected chi connectivity index (χ1v) is 5.84. The molecule has 4 nitrogen and oxygen atoms in total. The van der Waals surface area contributed by atoms with Crippen LogP contribution in [0.25, 0.3) is 5.57 Å². The van der Waals surface area contributed by atoms with Crippen molar-refractivity contribution in [1.82, 2.24) is 0 Å². The van der Waals surface area contributed by atoms with Gasteiger partial charge >= 0.3 is 5.97 Å². The van der Waals surface area contributed by atoms with E-state index in [0.717, 1.165) is 11.8 Å². The van der Waals surface area contributed by atoms with E-state index in [4.69, 9.17) is 5.73 Å². The molecule has 0 spiro atoms. The summed E-state index contributed by atoms with van der Waals surface area (Å²) < 4.78 is 18.2. The lowest BCUT2D eigenvalue weighted by atomic mass is 9.98. The first-order valence-electron chi connectivity index (χ1n) is 5.84. The normalized spacial score (nSPS) is 12.4.